The third kappa shape index (κ3) is 4.76. The Morgan fingerprint density at radius 2 is 1.88 bits per heavy atom. The standard InChI is InChI=1S/C20H23N5/c1-3-15(2)23-20-24-18(17-9-5-4-6-10-17)12-19(25-20)22-14-16-8-7-11-21-13-16/h4-13,15H,3,14H2,1-2H3,(H2,22,23,24,25). The molecule has 3 aromatic rings. The zero-order valence-corrected chi connectivity index (χ0v) is 14.6. The van der Waals surface area contributed by atoms with Gasteiger partial charge in [-0.15, -0.1) is 0 Å². The van der Waals surface area contributed by atoms with Crippen molar-refractivity contribution in [1.29, 1.82) is 0 Å². The highest BCUT2D eigenvalue weighted by Gasteiger charge is 2.08. The van der Waals surface area contributed by atoms with E-state index in [0.717, 1.165) is 29.1 Å². The Labute approximate surface area is 148 Å². The van der Waals surface area contributed by atoms with Gasteiger partial charge in [0.1, 0.15) is 5.82 Å². The van der Waals surface area contributed by atoms with Crippen molar-refractivity contribution in [2.45, 2.75) is 32.9 Å². The zero-order chi connectivity index (χ0) is 17.5. The number of hydrogen-bond acceptors (Lipinski definition) is 5. The second kappa shape index (κ2) is 8.24. The van der Waals surface area contributed by atoms with Gasteiger partial charge in [0, 0.05) is 36.6 Å². The molecule has 1 atom stereocenters. The molecule has 0 fully saturated rings. The summed E-state index contributed by atoms with van der Waals surface area (Å²) in [5.41, 5.74) is 3.08. The Morgan fingerprint density at radius 3 is 2.60 bits per heavy atom. The number of pyridine rings is 1. The summed E-state index contributed by atoms with van der Waals surface area (Å²) >= 11 is 0. The van der Waals surface area contributed by atoms with E-state index in [4.69, 9.17) is 0 Å². The summed E-state index contributed by atoms with van der Waals surface area (Å²) in [5, 5.41) is 6.74. The fourth-order valence-electron chi connectivity index (χ4n) is 2.38. The van der Waals surface area contributed by atoms with Crippen molar-refractivity contribution >= 4 is 11.8 Å². The van der Waals surface area contributed by atoms with Crippen LogP contribution in [0.2, 0.25) is 0 Å². The van der Waals surface area contributed by atoms with Crippen LogP contribution < -0.4 is 10.6 Å². The molecule has 0 spiro atoms. The zero-order valence-electron chi connectivity index (χ0n) is 14.6. The van der Waals surface area contributed by atoms with Gasteiger partial charge in [0.2, 0.25) is 5.95 Å². The maximum Gasteiger partial charge on any atom is 0.225 e. The largest absolute Gasteiger partial charge is 0.366 e. The van der Waals surface area contributed by atoms with Crippen LogP contribution in [0.3, 0.4) is 0 Å². The molecule has 2 aromatic heterocycles. The predicted molar refractivity (Wildman–Crippen MR) is 102 cm³/mol. The summed E-state index contributed by atoms with van der Waals surface area (Å²) in [5.74, 6) is 1.44. The molecule has 3 rings (SSSR count). The minimum absolute atomic E-state index is 0.317. The second-order valence-corrected chi connectivity index (χ2v) is 6.00. The summed E-state index contributed by atoms with van der Waals surface area (Å²) in [6, 6.07) is 16.4. The van der Waals surface area contributed by atoms with Crippen LogP contribution in [-0.4, -0.2) is 21.0 Å². The first-order chi connectivity index (χ1) is 12.2. The van der Waals surface area contributed by atoms with Crippen LogP contribution in [0.5, 0.6) is 0 Å². The number of aromatic nitrogens is 3. The summed E-state index contributed by atoms with van der Waals surface area (Å²) in [6.07, 6.45) is 4.64. The van der Waals surface area contributed by atoms with Crippen LogP contribution in [0, 0.1) is 0 Å². The van der Waals surface area contributed by atoms with Gasteiger partial charge in [-0.1, -0.05) is 43.3 Å². The van der Waals surface area contributed by atoms with Crippen LogP contribution in [-0.2, 0) is 6.54 Å². The van der Waals surface area contributed by atoms with Gasteiger partial charge in [0.15, 0.2) is 0 Å². The summed E-state index contributed by atoms with van der Waals surface area (Å²) in [7, 11) is 0. The highest BCUT2D eigenvalue weighted by molar-refractivity contribution is 5.64. The van der Waals surface area contributed by atoms with E-state index in [2.05, 4.69) is 51.6 Å². The first-order valence-corrected chi connectivity index (χ1v) is 8.58. The van der Waals surface area contributed by atoms with Crippen molar-refractivity contribution < 1.29 is 0 Å². The average molecular weight is 333 g/mol. The molecule has 0 bridgehead atoms. The van der Waals surface area contributed by atoms with Crippen molar-refractivity contribution in [3.05, 3.63) is 66.5 Å². The van der Waals surface area contributed by atoms with E-state index in [9.17, 15) is 0 Å². The van der Waals surface area contributed by atoms with Crippen LogP contribution in [0.1, 0.15) is 25.8 Å². The molecule has 5 heteroatoms. The number of rotatable bonds is 7. The molecule has 2 heterocycles. The Kier molecular flexibility index (Phi) is 5.57. The normalized spacial score (nSPS) is 11.8. The lowest BCUT2D eigenvalue weighted by Crippen LogP contribution is -2.16. The van der Waals surface area contributed by atoms with E-state index in [1.165, 1.54) is 0 Å². The summed E-state index contributed by atoms with van der Waals surface area (Å²) in [4.78, 5) is 13.4. The number of nitrogens with one attached hydrogen (secondary N) is 2. The first-order valence-electron chi connectivity index (χ1n) is 8.58. The summed E-state index contributed by atoms with van der Waals surface area (Å²) in [6.45, 7) is 4.93. The van der Waals surface area contributed by atoms with Crippen LogP contribution in [0.15, 0.2) is 60.9 Å². The van der Waals surface area contributed by atoms with Crippen LogP contribution in [0.25, 0.3) is 11.3 Å². The van der Waals surface area contributed by atoms with Crippen molar-refractivity contribution in [2.24, 2.45) is 0 Å². The molecule has 0 aliphatic carbocycles. The molecule has 0 saturated carbocycles. The maximum absolute atomic E-state index is 4.67. The van der Waals surface area contributed by atoms with Gasteiger partial charge in [-0.25, -0.2) is 4.98 Å². The van der Waals surface area contributed by atoms with Gasteiger partial charge in [-0.2, -0.15) is 4.98 Å². The van der Waals surface area contributed by atoms with E-state index < -0.39 is 0 Å². The van der Waals surface area contributed by atoms with Gasteiger partial charge in [-0.3, -0.25) is 4.98 Å². The van der Waals surface area contributed by atoms with Gasteiger partial charge in [-0.05, 0) is 25.0 Å². The van der Waals surface area contributed by atoms with E-state index in [1.54, 1.807) is 6.20 Å². The van der Waals surface area contributed by atoms with Crippen molar-refractivity contribution in [1.82, 2.24) is 15.0 Å². The lowest BCUT2D eigenvalue weighted by molar-refractivity contribution is 0.753. The van der Waals surface area contributed by atoms with Gasteiger partial charge < -0.3 is 10.6 Å². The van der Waals surface area contributed by atoms with Crippen molar-refractivity contribution in [3.63, 3.8) is 0 Å². The molecule has 0 amide bonds. The second-order valence-electron chi connectivity index (χ2n) is 6.00. The van der Waals surface area contributed by atoms with E-state index in [-0.39, 0.29) is 0 Å². The molecular formula is C20H23N5. The fraction of sp³-hybridized carbons (Fsp3) is 0.250. The molecule has 128 valence electrons. The third-order valence-corrected chi connectivity index (χ3v) is 3.98. The lowest BCUT2D eigenvalue weighted by atomic mass is 10.1. The molecule has 0 radical (unpaired) electrons. The fourth-order valence-corrected chi connectivity index (χ4v) is 2.38. The van der Waals surface area contributed by atoms with Gasteiger partial charge in [0.25, 0.3) is 0 Å². The molecule has 0 aliphatic rings. The Bertz CT molecular complexity index is 790. The minimum atomic E-state index is 0.317. The van der Waals surface area contributed by atoms with Gasteiger partial charge >= 0.3 is 0 Å². The maximum atomic E-state index is 4.67. The monoisotopic (exact) mass is 333 g/mol. The third-order valence-electron chi connectivity index (χ3n) is 3.98. The molecule has 5 nitrogen and oxygen atoms in total. The van der Waals surface area contributed by atoms with Crippen LogP contribution in [0.4, 0.5) is 11.8 Å². The topological polar surface area (TPSA) is 62.7 Å². The van der Waals surface area contributed by atoms with E-state index >= 15 is 0 Å². The highest BCUT2D eigenvalue weighted by Crippen LogP contribution is 2.22. The number of hydrogen-bond donors (Lipinski definition) is 2. The quantitative estimate of drug-likeness (QED) is 0.672. The molecule has 0 saturated heterocycles. The van der Waals surface area contributed by atoms with Crippen LogP contribution >= 0.6 is 0 Å². The number of nitrogens with zero attached hydrogens (tertiary/aromatic N) is 3. The van der Waals surface area contributed by atoms with E-state index in [1.807, 2.05) is 42.6 Å². The molecule has 1 aromatic carbocycles. The van der Waals surface area contributed by atoms with Gasteiger partial charge in [0.05, 0.1) is 5.69 Å². The van der Waals surface area contributed by atoms with E-state index in [0.29, 0.717) is 18.5 Å². The predicted octanol–water partition coefficient (Wildman–Crippen LogP) is 4.36. The SMILES string of the molecule is CCC(C)Nc1nc(NCc2cccnc2)cc(-c2ccccc2)n1. The molecule has 1 unspecified atom stereocenters. The smallest absolute Gasteiger partial charge is 0.225 e. The summed E-state index contributed by atoms with van der Waals surface area (Å²) < 4.78 is 0. The number of anilines is 2. The Balaban J connectivity index is 1.86. The first kappa shape index (κ1) is 16.9. The average Bonchev–Trinajstić information content (AvgIpc) is 2.67. The molecule has 0 aliphatic heterocycles. The van der Waals surface area contributed by atoms with Crippen molar-refractivity contribution in [2.75, 3.05) is 10.6 Å². The highest BCUT2D eigenvalue weighted by atomic mass is 15.2. The Morgan fingerprint density at radius 1 is 1.04 bits per heavy atom. The molecule has 2 N–H and O–H groups in total. The Hall–Kier alpha value is -2.95. The number of benzene rings is 1. The molecular weight excluding hydrogens is 310 g/mol. The molecule has 25 heavy (non-hydrogen) atoms. The van der Waals surface area contributed by atoms with Crippen molar-refractivity contribution in [3.8, 4) is 11.3 Å². The lowest BCUT2D eigenvalue weighted by Gasteiger charge is -2.14. The minimum Gasteiger partial charge on any atom is -0.366 e.